The Hall–Kier alpha value is -1.21. The van der Waals surface area contributed by atoms with E-state index in [4.69, 9.17) is 0 Å². The lowest BCUT2D eigenvalue weighted by atomic mass is 10.4. The van der Waals surface area contributed by atoms with Crippen LogP contribution in [0.15, 0.2) is 18.5 Å². The topological polar surface area (TPSA) is 71.1 Å². The Kier molecular flexibility index (Phi) is 4.13. The fraction of sp³-hybridized carbons (Fsp3) is 0.545. The van der Waals surface area contributed by atoms with Crippen molar-refractivity contribution < 1.29 is 12.8 Å². The largest absolute Gasteiger partial charge is 0.314 e. The van der Waals surface area contributed by atoms with E-state index in [0.29, 0.717) is 19.0 Å². The van der Waals surface area contributed by atoms with Crippen LogP contribution in [0.5, 0.6) is 0 Å². The third-order valence-corrected chi connectivity index (χ3v) is 4.00. The molecule has 0 aliphatic heterocycles. The van der Waals surface area contributed by atoms with Gasteiger partial charge in [0.1, 0.15) is 0 Å². The summed E-state index contributed by atoms with van der Waals surface area (Å²) in [4.78, 5) is 3.56. The minimum atomic E-state index is -3.49. The van der Waals surface area contributed by atoms with Gasteiger partial charge in [-0.05, 0) is 31.9 Å². The Balaban J connectivity index is 1.80. The molecule has 7 heteroatoms. The van der Waals surface area contributed by atoms with E-state index in [-0.39, 0.29) is 11.4 Å². The van der Waals surface area contributed by atoms with Crippen molar-refractivity contribution in [3.05, 3.63) is 24.3 Å². The quantitative estimate of drug-likeness (QED) is 0.730. The molecule has 0 unspecified atom stereocenters. The van der Waals surface area contributed by atoms with Gasteiger partial charge in [-0.15, -0.1) is 0 Å². The number of rotatable bonds is 7. The number of sulfonamides is 1. The van der Waals surface area contributed by atoms with Crippen LogP contribution in [0.1, 0.15) is 19.3 Å². The zero-order chi connectivity index (χ0) is 13.0. The lowest BCUT2D eigenvalue weighted by Crippen LogP contribution is -2.23. The summed E-state index contributed by atoms with van der Waals surface area (Å²) >= 11 is 0. The number of anilines is 1. The van der Waals surface area contributed by atoms with Gasteiger partial charge < -0.3 is 5.32 Å². The monoisotopic (exact) mass is 273 g/mol. The first-order valence-corrected chi connectivity index (χ1v) is 7.55. The molecular formula is C11H16FN3O2S. The van der Waals surface area contributed by atoms with Gasteiger partial charge in [-0.1, -0.05) is 0 Å². The van der Waals surface area contributed by atoms with Crippen molar-refractivity contribution in [3.63, 3.8) is 0 Å². The molecule has 1 aromatic heterocycles. The molecule has 1 heterocycles. The normalized spacial score (nSPS) is 15.6. The Morgan fingerprint density at radius 1 is 1.44 bits per heavy atom. The van der Waals surface area contributed by atoms with Crippen LogP contribution in [0.2, 0.25) is 0 Å². The van der Waals surface area contributed by atoms with Gasteiger partial charge in [-0.2, -0.15) is 0 Å². The molecular weight excluding hydrogens is 257 g/mol. The van der Waals surface area contributed by atoms with Crippen LogP contribution >= 0.6 is 0 Å². The highest BCUT2D eigenvalue weighted by Gasteiger charge is 2.20. The minimum absolute atomic E-state index is 0.0194. The van der Waals surface area contributed by atoms with Gasteiger partial charge in [0.25, 0.3) is 0 Å². The summed E-state index contributed by atoms with van der Waals surface area (Å²) in [5, 5.41) is 3.23. The molecule has 0 spiro atoms. The van der Waals surface area contributed by atoms with Crippen LogP contribution < -0.4 is 10.0 Å². The maximum absolute atomic E-state index is 13.2. The van der Waals surface area contributed by atoms with E-state index in [0.717, 1.165) is 6.20 Å². The number of aromatic nitrogens is 1. The van der Waals surface area contributed by atoms with E-state index in [1.165, 1.54) is 25.1 Å². The van der Waals surface area contributed by atoms with Gasteiger partial charge in [0.2, 0.25) is 10.0 Å². The second-order valence-electron chi connectivity index (χ2n) is 4.36. The van der Waals surface area contributed by atoms with Gasteiger partial charge in [-0.25, -0.2) is 12.8 Å². The van der Waals surface area contributed by atoms with Gasteiger partial charge in [0.05, 0.1) is 17.6 Å². The van der Waals surface area contributed by atoms with Crippen LogP contribution in [-0.2, 0) is 10.0 Å². The fourth-order valence-corrected chi connectivity index (χ4v) is 2.66. The third kappa shape index (κ3) is 4.23. The minimum Gasteiger partial charge on any atom is -0.314 e. The zero-order valence-corrected chi connectivity index (χ0v) is 10.7. The van der Waals surface area contributed by atoms with Crippen molar-refractivity contribution >= 4 is 15.7 Å². The standard InChI is InChI=1S/C11H16FN3O2S/c12-10-8-13-6-4-11(10)15-18(16,17)7-1-5-14-9-2-3-9/h4,6,8-9,14H,1-3,5,7H2,(H,13,15). The summed E-state index contributed by atoms with van der Waals surface area (Å²) in [6, 6.07) is 1.87. The molecule has 0 aromatic carbocycles. The smallest absolute Gasteiger partial charge is 0.232 e. The number of halogens is 1. The first-order chi connectivity index (χ1) is 8.57. The predicted octanol–water partition coefficient (Wildman–Crippen LogP) is 1.10. The molecule has 1 aliphatic carbocycles. The summed E-state index contributed by atoms with van der Waals surface area (Å²) in [6.45, 7) is 0.671. The molecule has 0 bridgehead atoms. The maximum Gasteiger partial charge on any atom is 0.232 e. The van der Waals surface area contributed by atoms with Gasteiger partial charge in [-0.3, -0.25) is 9.71 Å². The highest BCUT2D eigenvalue weighted by atomic mass is 32.2. The summed E-state index contributed by atoms with van der Waals surface area (Å²) in [5.41, 5.74) is -0.0554. The lowest BCUT2D eigenvalue weighted by molar-refractivity contribution is 0.591. The molecule has 2 N–H and O–H groups in total. The highest BCUT2D eigenvalue weighted by Crippen LogP contribution is 2.18. The number of hydrogen-bond acceptors (Lipinski definition) is 4. The van der Waals surface area contributed by atoms with Gasteiger partial charge in [0.15, 0.2) is 5.82 Å². The molecule has 5 nitrogen and oxygen atoms in total. The second-order valence-corrected chi connectivity index (χ2v) is 6.20. The average Bonchev–Trinajstić information content (AvgIpc) is 3.12. The van der Waals surface area contributed by atoms with Crippen molar-refractivity contribution in [2.75, 3.05) is 17.0 Å². The molecule has 18 heavy (non-hydrogen) atoms. The summed E-state index contributed by atoms with van der Waals surface area (Å²) in [5.74, 6) is -0.689. The SMILES string of the molecule is O=S(=O)(CCCNC1CC1)Nc1ccncc1F. The average molecular weight is 273 g/mol. The number of nitrogens with one attached hydrogen (secondary N) is 2. The fourth-order valence-electron chi connectivity index (χ4n) is 1.53. The van der Waals surface area contributed by atoms with Crippen LogP contribution in [0.25, 0.3) is 0 Å². The van der Waals surface area contributed by atoms with E-state index < -0.39 is 15.8 Å². The predicted molar refractivity (Wildman–Crippen MR) is 67.2 cm³/mol. The number of pyridine rings is 1. The first kappa shape index (κ1) is 13.2. The van der Waals surface area contributed by atoms with E-state index in [2.05, 4.69) is 15.0 Å². The zero-order valence-electron chi connectivity index (χ0n) is 9.89. The van der Waals surface area contributed by atoms with Gasteiger partial charge in [0, 0.05) is 12.2 Å². The Bertz CT molecular complexity index is 503. The second kappa shape index (κ2) is 5.62. The number of nitrogens with zero attached hydrogens (tertiary/aromatic N) is 1. The number of hydrogen-bond donors (Lipinski definition) is 2. The van der Waals surface area contributed by atoms with Crippen molar-refractivity contribution in [1.82, 2.24) is 10.3 Å². The molecule has 1 aliphatic rings. The molecule has 1 fully saturated rings. The highest BCUT2D eigenvalue weighted by molar-refractivity contribution is 7.92. The van der Waals surface area contributed by atoms with Crippen molar-refractivity contribution in [2.24, 2.45) is 0 Å². The van der Waals surface area contributed by atoms with Crippen molar-refractivity contribution in [2.45, 2.75) is 25.3 Å². The molecule has 2 rings (SSSR count). The van der Waals surface area contributed by atoms with Crippen LogP contribution in [0.4, 0.5) is 10.1 Å². The molecule has 0 atom stereocenters. The van der Waals surface area contributed by atoms with Crippen LogP contribution in [0, 0.1) is 5.82 Å². The Morgan fingerprint density at radius 2 is 2.22 bits per heavy atom. The van der Waals surface area contributed by atoms with E-state index in [1.807, 2.05) is 0 Å². The van der Waals surface area contributed by atoms with Crippen LogP contribution in [0.3, 0.4) is 0 Å². The summed E-state index contributed by atoms with van der Waals surface area (Å²) in [6.07, 6.45) is 5.18. The molecule has 0 radical (unpaired) electrons. The lowest BCUT2D eigenvalue weighted by Gasteiger charge is -2.08. The van der Waals surface area contributed by atoms with Gasteiger partial charge >= 0.3 is 0 Å². The van der Waals surface area contributed by atoms with E-state index in [1.54, 1.807) is 0 Å². The molecule has 100 valence electrons. The van der Waals surface area contributed by atoms with Crippen LogP contribution in [-0.4, -0.2) is 31.7 Å². The summed E-state index contributed by atoms with van der Waals surface area (Å²) < 4.78 is 38.8. The molecule has 0 saturated heterocycles. The Labute approximate surface area is 106 Å². The molecule has 1 saturated carbocycles. The Morgan fingerprint density at radius 3 is 2.89 bits per heavy atom. The summed E-state index contributed by atoms with van der Waals surface area (Å²) in [7, 11) is -3.49. The molecule has 1 aromatic rings. The third-order valence-electron chi connectivity index (χ3n) is 2.64. The first-order valence-electron chi connectivity index (χ1n) is 5.90. The van der Waals surface area contributed by atoms with Crippen molar-refractivity contribution in [1.29, 1.82) is 0 Å². The van der Waals surface area contributed by atoms with E-state index in [9.17, 15) is 12.8 Å². The van der Waals surface area contributed by atoms with E-state index >= 15 is 0 Å². The maximum atomic E-state index is 13.2. The molecule has 0 amide bonds. The van der Waals surface area contributed by atoms with Crippen molar-refractivity contribution in [3.8, 4) is 0 Å².